The van der Waals surface area contributed by atoms with Gasteiger partial charge in [0, 0.05) is 22.0 Å². The first-order valence-electron chi connectivity index (χ1n) is 5.10. The van der Waals surface area contributed by atoms with Gasteiger partial charge < -0.3 is 5.32 Å². The predicted molar refractivity (Wildman–Crippen MR) is 65.0 cm³/mol. The van der Waals surface area contributed by atoms with Gasteiger partial charge in [0.2, 0.25) is 0 Å². The number of amides is 1. The van der Waals surface area contributed by atoms with Crippen molar-refractivity contribution < 1.29 is 4.79 Å². The summed E-state index contributed by atoms with van der Waals surface area (Å²) in [6, 6.07) is 3.71. The molecule has 2 aromatic rings. The molecule has 0 saturated heterocycles. The molecule has 0 unspecified atom stereocenters. The van der Waals surface area contributed by atoms with Gasteiger partial charge in [-0.25, -0.2) is 0 Å². The monoisotopic (exact) mass is 235 g/mol. The molecule has 2 rings (SSSR count). The summed E-state index contributed by atoms with van der Waals surface area (Å²) in [5, 5.41) is 11.3. The van der Waals surface area contributed by atoms with Crippen LogP contribution < -0.4 is 5.32 Å². The van der Waals surface area contributed by atoms with Crippen molar-refractivity contribution in [2.75, 3.05) is 5.32 Å². The van der Waals surface area contributed by atoms with E-state index in [1.807, 2.05) is 18.4 Å². The molecule has 0 spiro atoms. The maximum absolute atomic E-state index is 11.8. The number of aromatic nitrogens is 2. The van der Waals surface area contributed by atoms with Gasteiger partial charge in [-0.05, 0) is 19.4 Å². The van der Waals surface area contributed by atoms with Crippen LogP contribution in [0.25, 0.3) is 0 Å². The Labute approximate surface area is 97.7 Å². The molecule has 84 valence electrons. The average Bonchev–Trinajstić information content (AvgIpc) is 2.87. The molecular formula is C11H13N3OS. The summed E-state index contributed by atoms with van der Waals surface area (Å²) in [6.07, 6.45) is 0.958. The summed E-state index contributed by atoms with van der Waals surface area (Å²) < 4.78 is 0. The number of nitrogens with zero attached hydrogens (tertiary/aromatic N) is 1. The van der Waals surface area contributed by atoms with Gasteiger partial charge in [-0.1, -0.05) is 6.92 Å². The van der Waals surface area contributed by atoms with Crippen molar-refractivity contribution in [3.8, 4) is 0 Å². The van der Waals surface area contributed by atoms with Crippen LogP contribution in [-0.4, -0.2) is 16.1 Å². The first kappa shape index (κ1) is 10.9. The first-order valence-corrected chi connectivity index (χ1v) is 5.97. The molecule has 4 nitrogen and oxygen atoms in total. The summed E-state index contributed by atoms with van der Waals surface area (Å²) >= 11 is 1.60. The Morgan fingerprint density at radius 3 is 2.94 bits per heavy atom. The van der Waals surface area contributed by atoms with Crippen molar-refractivity contribution in [1.29, 1.82) is 0 Å². The van der Waals surface area contributed by atoms with Gasteiger partial charge in [0.15, 0.2) is 5.82 Å². The van der Waals surface area contributed by atoms with Crippen molar-refractivity contribution in [3.05, 3.63) is 33.6 Å². The number of thiophene rings is 1. The zero-order valence-corrected chi connectivity index (χ0v) is 10.0. The second-order valence-electron chi connectivity index (χ2n) is 3.55. The van der Waals surface area contributed by atoms with Gasteiger partial charge in [-0.2, -0.15) is 5.10 Å². The molecule has 0 aliphatic heterocycles. The summed E-state index contributed by atoms with van der Waals surface area (Å²) in [7, 11) is 0. The number of aryl methyl sites for hydroxylation is 2. The molecule has 0 aromatic carbocycles. The number of rotatable bonds is 3. The highest BCUT2D eigenvalue weighted by atomic mass is 32.1. The standard InChI is InChI=1S/C11H13N3OS/c1-3-9-5-8(6-16-9)11(15)12-10-4-7(2)13-14-10/h4-6H,3H2,1-2H3,(H2,12,13,14,15). The second-order valence-corrected chi connectivity index (χ2v) is 4.54. The number of hydrogen-bond donors (Lipinski definition) is 2. The molecule has 0 aliphatic rings. The van der Waals surface area contributed by atoms with E-state index >= 15 is 0 Å². The minimum Gasteiger partial charge on any atom is -0.305 e. The second kappa shape index (κ2) is 4.49. The molecule has 0 atom stereocenters. The van der Waals surface area contributed by atoms with E-state index in [-0.39, 0.29) is 5.91 Å². The molecule has 0 saturated carbocycles. The van der Waals surface area contributed by atoms with Crippen LogP contribution in [-0.2, 0) is 6.42 Å². The molecule has 2 aromatic heterocycles. The van der Waals surface area contributed by atoms with E-state index in [4.69, 9.17) is 0 Å². The number of hydrogen-bond acceptors (Lipinski definition) is 3. The normalized spacial score (nSPS) is 10.4. The van der Waals surface area contributed by atoms with Crippen LogP contribution >= 0.6 is 11.3 Å². The highest BCUT2D eigenvalue weighted by Crippen LogP contribution is 2.16. The van der Waals surface area contributed by atoms with Crippen molar-refractivity contribution >= 4 is 23.1 Å². The third-order valence-electron chi connectivity index (χ3n) is 2.21. The fourth-order valence-electron chi connectivity index (χ4n) is 1.36. The first-order chi connectivity index (χ1) is 7.69. The highest BCUT2D eigenvalue weighted by molar-refractivity contribution is 7.10. The highest BCUT2D eigenvalue weighted by Gasteiger charge is 2.09. The zero-order chi connectivity index (χ0) is 11.5. The quantitative estimate of drug-likeness (QED) is 0.859. The molecule has 16 heavy (non-hydrogen) atoms. The zero-order valence-electron chi connectivity index (χ0n) is 9.20. The van der Waals surface area contributed by atoms with Crippen LogP contribution in [0.2, 0.25) is 0 Å². The number of carbonyl (C=O) groups excluding carboxylic acids is 1. The molecule has 0 bridgehead atoms. The van der Waals surface area contributed by atoms with Gasteiger partial charge in [0.25, 0.3) is 5.91 Å². The number of aromatic amines is 1. The molecule has 2 N–H and O–H groups in total. The van der Waals surface area contributed by atoms with Crippen molar-refractivity contribution in [1.82, 2.24) is 10.2 Å². The van der Waals surface area contributed by atoms with Crippen molar-refractivity contribution in [3.63, 3.8) is 0 Å². The van der Waals surface area contributed by atoms with Crippen molar-refractivity contribution in [2.24, 2.45) is 0 Å². The maximum Gasteiger partial charge on any atom is 0.257 e. The Hall–Kier alpha value is -1.62. The van der Waals surface area contributed by atoms with E-state index < -0.39 is 0 Å². The fraction of sp³-hybridized carbons (Fsp3) is 0.273. The molecule has 0 radical (unpaired) electrons. The predicted octanol–water partition coefficient (Wildman–Crippen LogP) is 2.59. The molecular weight excluding hydrogens is 222 g/mol. The van der Waals surface area contributed by atoms with Crippen LogP contribution in [0, 0.1) is 6.92 Å². The molecule has 5 heteroatoms. The summed E-state index contributed by atoms with van der Waals surface area (Å²) in [5.74, 6) is 0.453. The van der Waals surface area contributed by atoms with Crippen molar-refractivity contribution in [2.45, 2.75) is 20.3 Å². The van der Waals surface area contributed by atoms with Crippen LogP contribution in [0.5, 0.6) is 0 Å². The smallest absolute Gasteiger partial charge is 0.257 e. The Bertz CT molecular complexity index is 501. The van der Waals surface area contributed by atoms with Crippen LogP contribution in [0.3, 0.4) is 0 Å². The van der Waals surface area contributed by atoms with Gasteiger partial charge in [-0.3, -0.25) is 9.89 Å². The molecule has 1 amide bonds. The van der Waals surface area contributed by atoms with Gasteiger partial charge in [0.1, 0.15) is 0 Å². The summed E-state index contributed by atoms with van der Waals surface area (Å²) in [4.78, 5) is 13.0. The lowest BCUT2D eigenvalue weighted by molar-refractivity contribution is 0.102. The van der Waals surface area contributed by atoms with E-state index in [1.54, 1.807) is 17.4 Å². The Balaban J connectivity index is 2.08. The number of H-pyrrole nitrogens is 1. The van der Waals surface area contributed by atoms with E-state index in [2.05, 4.69) is 22.4 Å². The summed E-state index contributed by atoms with van der Waals surface area (Å²) in [5.41, 5.74) is 1.62. The number of nitrogens with one attached hydrogen (secondary N) is 2. The molecule has 0 aliphatic carbocycles. The third kappa shape index (κ3) is 2.30. The lowest BCUT2D eigenvalue weighted by Gasteiger charge is -1.97. The van der Waals surface area contributed by atoms with Crippen LogP contribution in [0.15, 0.2) is 17.5 Å². The molecule has 2 heterocycles. The lowest BCUT2D eigenvalue weighted by atomic mass is 10.2. The number of carbonyl (C=O) groups is 1. The minimum absolute atomic E-state index is 0.109. The minimum atomic E-state index is -0.109. The van der Waals surface area contributed by atoms with Gasteiger partial charge in [0.05, 0.1) is 5.56 Å². The van der Waals surface area contributed by atoms with Gasteiger partial charge >= 0.3 is 0 Å². The maximum atomic E-state index is 11.8. The SMILES string of the molecule is CCc1cc(C(=O)Nc2cc(C)[nH]n2)cs1. The Kier molecular flexibility index (Phi) is 3.05. The van der Waals surface area contributed by atoms with E-state index in [9.17, 15) is 4.79 Å². The fourth-order valence-corrected chi connectivity index (χ4v) is 2.17. The van der Waals surface area contributed by atoms with Crippen LogP contribution in [0.4, 0.5) is 5.82 Å². The van der Waals surface area contributed by atoms with Crippen LogP contribution in [0.1, 0.15) is 27.9 Å². The molecule has 0 fully saturated rings. The van der Waals surface area contributed by atoms with E-state index in [0.29, 0.717) is 11.4 Å². The topological polar surface area (TPSA) is 57.8 Å². The van der Waals surface area contributed by atoms with E-state index in [1.165, 1.54) is 4.88 Å². The Morgan fingerprint density at radius 1 is 1.56 bits per heavy atom. The third-order valence-corrected chi connectivity index (χ3v) is 3.29. The number of anilines is 1. The lowest BCUT2D eigenvalue weighted by Crippen LogP contribution is -2.11. The van der Waals surface area contributed by atoms with Gasteiger partial charge in [-0.15, -0.1) is 11.3 Å². The summed E-state index contributed by atoms with van der Waals surface area (Å²) in [6.45, 7) is 3.97. The average molecular weight is 235 g/mol. The largest absolute Gasteiger partial charge is 0.305 e. The Morgan fingerprint density at radius 2 is 2.38 bits per heavy atom. The van der Waals surface area contributed by atoms with E-state index in [0.717, 1.165) is 12.1 Å².